The van der Waals surface area contributed by atoms with Gasteiger partial charge in [0.1, 0.15) is 0 Å². The summed E-state index contributed by atoms with van der Waals surface area (Å²) in [5.41, 5.74) is 1.97. The highest BCUT2D eigenvalue weighted by atomic mass is 16.2. The summed E-state index contributed by atoms with van der Waals surface area (Å²) in [4.78, 5) is 17.3. The molecular formula is C25H34N4O. The zero-order chi connectivity index (χ0) is 20.8. The predicted octanol–water partition coefficient (Wildman–Crippen LogP) is 4.79. The number of carbonyl (C=O) groups is 1. The fraction of sp³-hybridized carbons (Fsp3) is 0.560. The van der Waals surface area contributed by atoms with Gasteiger partial charge < -0.3 is 9.80 Å². The van der Waals surface area contributed by atoms with E-state index in [1.54, 1.807) is 0 Å². The van der Waals surface area contributed by atoms with Crippen LogP contribution in [0.2, 0.25) is 0 Å². The molecule has 0 spiro atoms. The molecule has 5 nitrogen and oxygen atoms in total. The minimum Gasteiger partial charge on any atom is -0.352 e. The lowest BCUT2D eigenvalue weighted by atomic mass is 9.79. The Labute approximate surface area is 180 Å². The Balaban J connectivity index is 1.26. The van der Waals surface area contributed by atoms with E-state index in [9.17, 15) is 4.79 Å². The second-order valence-corrected chi connectivity index (χ2v) is 8.82. The molecule has 0 bridgehead atoms. The van der Waals surface area contributed by atoms with Crippen LogP contribution in [0.25, 0.3) is 11.3 Å². The van der Waals surface area contributed by atoms with E-state index in [0.717, 1.165) is 62.0 Å². The molecule has 4 rings (SSSR count). The number of aromatic nitrogens is 2. The first kappa shape index (κ1) is 20.8. The average Bonchev–Trinajstić information content (AvgIpc) is 2.83. The lowest BCUT2D eigenvalue weighted by Gasteiger charge is -2.38. The molecule has 2 heterocycles. The summed E-state index contributed by atoms with van der Waals surface area (Å²) in [7, 11) is 0. The van der Waals surface area contributed by atoms with Crippen molar-refractivity contribution in [3.63, 3.8) is 0 Å². The molecule has 0 radical (unpaired) electrons. The first-order valence-corrected chi connectivity index (χ1v) is 11.7. The molecule has 1 aliphatic carbocycles. The summed E-state index contributed by atoms with van der Waals surface area (Å²) < 4.78 is 0. The summed E-state index contributed by atoms with van der Waals surface area (Å²) in [6, 6.07) is 14.2. The smallest absolute Gasteiger partial charge is 0.225 e. The lowest BCUT2D eigenvalue weighted by Crippen LogP contribution is -2.51. The van der Waals surface area contributed by atoms with Crippen LogP contribution in [0, 0.1) is 11.8 Å². The Morgan fingerprint density at radius 2 is 1.67 bits per heavy atom. The molecule has 0 atom stereocenters. The van der Waals surface area contributed by atoms with Gasteiger partial charge in [0.05, 0.1) is 5.69 Å². The van der Waals surface area contributed by atoms with Crippen molar-refractivity contribution in [1.29, 1.82) is 0 Å². The fourth-order valence-electron chi connectivity index (χ4n) is 4.86. The van der Waals surface area contributed by atoms with E-state index in [2.05, 4.69) is 26.9 Å². The number of nitrogens with zero attached hydrogens (tertiary/aromatic N) is 4. The van der Waals surface area contributed by atoms with Gasteiger partial charge in [-0.3, -0.25) is 4.79 Å². The zero-order valence-electron chi connectivity index (χ0n) is 18.2. The van der Waals surface area contributed by atoms with Crippen molar-refractivity contribution in [1.82, 2.24) is 15.1 Å². The van der Waals surface area contributed by atoms with Crippen molar-refractivity contribution < 1.29 is 4.79 Å². The van der Waals surface area contributed by atoms with Gasteiger partial charge in [0.25, 0.3) is 0 Å². The molecule has 5 heteroatoms. The number of anilines is 1. The Bertz CT molecular complexity index is 792. The summed E-state index contributed by atoms with van der Waals surface area (Å²) in [6.45, 7) is 5.50. The molecule has 2 aliphatic rings. The maximum atomic E-state index is 13.0. The molecule has 2 aromatic rings. The maximum absolute atomic E-state index is 13.0. The van der Waals surface area contributed by atoms with Crippen LogP contribution in [0.5, 0.6) is 0 Å². The van der Waals surface area contributed by atoms with Crippen molar-refractivity contribution in [2.24, 2.45) is 11.8 Å². The molecule has 2 fully saturated rings. The minimum absolute atomic E-state index is 0.249. The normalized spacial score (nSPS) is 22.2. The van der Waals surface area contributed by atoms with Crippen LogP contribution in [0.4, 0.5) is 5.82 Å². The van der Waals surface area contributed by atoms with E-state index in [-0.39, 0.29) is 5.92 Å². The zero-order valence-corrected chi connectivity index (χ0v) is 18.2. The third-order valence-electron chi connectivity index (χ3n) is 6.80. The lowest BCUT2D eigenvalue weighted by molar-refractivity contribution is -0.137. The van der Waals surface area contributed by atoms with Crippen LogP contribution < -0.4 is 4.90 Å². The third-order valence-corrected chi connectivity index (χ3v) is 6.80. The fourth-order valence-corrected chi connectivity index (χ4v) is 4.86. The molecule has 1 saturated heterocycles. The molecule has 1 saturated carbocycles. The highest BCUT2D eigenvalue weighted by Crippen LogP contribution is 2.33. The van der Waals surface area contributed by atoms with Gasteiger partial charge in [-0.15, -0.1) is 10.2 Å². The van der Waals surface area contributed by atoms with Crippen molar-refractivity contribution in [2.75, 3.05) is 31.1 Å². The number of amides is 1. The summed E-state index contributed by atoms with van der Waals surface area (Å²) in [5, 5.41) is 8.85. The largest absolute Gasteiger partial charge is 0.352 e. The molecule has 0 N–H and O–H groups in total. The van der Waals surface area contributed by atoms with Gasteiger partial charge in [-0.25, -0.2) is 0 Å². The minimum atomic E-state index is 0.249. The molecule has 1 aromatic heterocycles. The van der Waals surface area contributed by atoms with Crippen LogP contribution >= 0.6 is 0 Å². The number of hydrogen-bond donors (Lipinski definition) is 0. The van der Waals surface area contributed by atoms with Crippen molar-refractivity contribution in [3.8, 4) is 11.3 Å². The van der Waals surface area contributed by atoms with Gasteiger partial charge in [0.2, 0.25) is 5.91 Å². The number of carbonyl (C=O) groups excluding carboxylic acids is 1. The SMILES string of the molecule is CCCCC1CCC(C(=O)N2CCN(c3ccc(-c4ccccc4)nn3)CC2)CC1. The van der Waals surface area contributed by atoms with E-state index in [0.29, 0.717) is 5.91 Å². The molecule has 1 aromatic carbocycles. The first-order valence-electron chi connectivity index (χ1n) is 11.7. The highest BCUT2D eigenvalue weighted by Gasteiger charge is 2.31. The monoisotopic (exact) mass is 406 g/mol. The standard InChI is InChI=1S/C25H34N4O/c1-2-3-7-20-10-12-22(13-11-20)25(30)29-18-16-28(17-19-29)24-15-14-23(26-27-24)21-8-5-4-6-9-21/h4-6,8-9,14-15,20,22H,2-3,7,10-13,16-19H2,1H3. The second-order valence-electron chi connectivity index (χ2n) is 8.82. The Kier molecular flexibility index (Phi) is 6.98. The van der Waals surface area contributed by atoms with Gasteiger partial charge in [0, 0.05) is 37.7 Å². The second kappa shape index (κ2) is 10.1. The molecule has 30 heavy (non-hydrogen) atoms. The van der Waals surface area contributed by atoms with E-state index in [1.807, 2.05) is 42.5 Å². The van der Waals surface area contributed by atoms with E-state index >= 15 is 0 Å². The first-order chi connectivity index (χ1) is 14.7. The number of piperazine rings is 1. The highest BCUT2D eigenvalue weighted by molar-refractivity contribution is 5.79. The summed E-state index contributed by atoms with van der Waals surface area (Å²) in [5.74, 6) is 2.38. The predicted molar refractivity (Wildman–Crippen MR) is 121 cm³/mol. The van der Waals surface area contributed by atoms with Gasteiger partial charge in [-0.05, 0) is 43.7 Å². The van der Waals surface area contributed by atoms with Crippen LogP contribution in [0.3, 0.4) is 0 Å². The number of unbranched alkanes of at least 4 members (excludes halogenated alkanes) is 1. The molecule has 160 valence electrons. The van der Waals surface area contributed by atoms with E-state index in [4.69, 9.17) is 0 Å². The van der Waals surface area contributed by atoms with Crippen molar-refractivity contribution in [3.05, 3.63) is 42.5 Å². The molecule has 1 aliphatic heterocycles. The number of hydrogen-bond acceptors (Lipinski definition) is 4. The van der Waals surface area contributed by atoms with Gasteiger partial charge in [-0.2, -0.15) is 0 Å². The quantitative estimate of drug-likeness (QED) is 0.692. The van der Waals surface area contributed by atoms with Gasteiger partial charge in [0.15, 0.2) is 5.82 Å². The van der Waals surface area contributed by atoms with Gasteiger partial charge >= 0.3 is 0 Å². The van der Waals surface area contributed by atoms with Crippen LogP contribution in [-0.4, -0.2) is 47.2 Å². The van der Waals surface area contributed by atoms with E-state index < -0.39 is 0 Å². The summed E-state index contributed by atoms with van der Waals surface area (Å²) in [6.07, 6.45) is 8.60. The molecule has 1 amide bonds. The van der Waals surface area contributed by atoms with Gasteiger partial charge in [-0.1, -0.05) is 56.5 Å². The Morgan fingerprint density at radius 3 is 2.30 bits per heavy atom. The number of benzene rings is 1. The third kappa shape index (κ3) is 5.00. The average molecular weight is 407 g/mol. The van der Waals surface area contributed by atoms with Crippen molar-refractivity contribution >= 4 is 11.7 Å². The maximum Gasteiger partial charge on any atom is 0.225 e. The topological polar surface area (TPSA) is 49.3 Å². The summed E-state index contributed by atoms with van der Waals surface area (Å²) >= 11 is 0. The molecule has 0 unspecified atom stereocenters. The molecular weight excluding hydrogens is 372 g/mol. The Morgan fingerprint density at radius 1 is 0.933 bits per heavy atom. The van der Waals surface area contributed by atoms with Crippen molar-refractivity contribution in [2.45, 2.75) is 51.9 Å². The van der Waals surface area contributed by atoms with Crippen LogP contribution in [-0.2, 0) is 4.79 Å². The Hall–Kier alpha value is -2.43. The van der Waals surface area contributed by atoms with E-state index in [1.165, 1.54) is 32.1 Å². The van der Waals surface area contributed by atoms with Crippen LogP contribution in [0.15, 0.2) is 42.5 Å². The number of rotatable bonds is 6. The van der Waals surface area contributed by atoms with Crippen LogP contribution in [0.1, 0.15) is 51.9 Å².